The highest BCUT2D eigenvalue weighted by molar-refractivity contribution is 7.90. The van der Waals surface area contributed by atoms with Crippen LogP contribution < -0.4 is 4.90 Å². The van der Waals surface area contributed by atoms with Crippen molar-refractivity contribution in [2.45, 2.75) is 19.8 Å². The number of amides is 1. The Labute approximate surface area is 124 Å². The monoisotopic (exact) mass is 316 g/mol. The van der Waals surface area contributed by atoms with Crippen molar-refractivity contribution in [2.24, 2.45) is 0 Å². The van der Waals surface area contributed by atoms with Crippen LogP contribution in [0.4, 0.5) is 6.01 Å². The van der Waals surface area contributed by atoms with E-state index in [0.29, 0.717) is 44.5 Å². The topological polar surface area (TPSA) is 96.6 Å². The van der Waals surface area contributed by atoms with Gasteiger partial charge in [-0.1, -0.05) is 12.0 Å². The Morgan fingerprint density at radius 1 is 1.24 bits per heavy atom. The summed E-state index contributed by atoms with van der Waals surface area (Å²) in [6, 6.07) is 0.482. The molecule has 0 aliphatic carbocycles. The van der Waals surface area contributed by atoms with Crippen LogP contribution >= 0.6 is 0 Å². The summed E-state index contributed by atoms with van der Waals surface area (Å²) in [5, 5.41) is 7.89. The lowest BCUT2D eigenvalue weighted by molar-refractivity contribution is -0.131. The molecule has 8 nitrogen and oxygen atoms in total. The zero-order chi connectivity index (χ0) is 15.5. The normalized spacial score (nSPS) is 16.3. The number of sulfone groups is 1. The molecular weight excluding hydrogens is 296 g/mol. The summed E-state index contributed by atoms with van der Waals surface area (Å²) in [6.45, 7) is 4.22. The number of anilines is 1. The van der Waals surface area contributed by atoms with Gasteiger partial charge in [0.1, 0.15) is 9.84 Å². The predicted molar refractivity (Wildman–Crippen MR) is 76.8 cm³/mol. The molecule has 118 valence electrons. The van der Waals surface area contributed by atoms with E-state index in [-0.39, 0.29) is 18.1 Å². The van der Waals surface area contributed by atoms with Crippen molar-refractivity contribution in [2.75, 3.05) is 43.1 Å². The molecule has 0 radical (unpaired) electrons. The summed E-state index contributed by atoms with van der Waals surface area (Å²) >= 11 is 0. The maximum Gasteiger partial charge on any atom is 0.318 e. The molecule has 0 bridgehead atoms. The van der Waals surface area contributed by atoms with E-state index in [1.54, 1.807) is 4.90 Å². The Balaban J connectivity index is 1.84. The molecule has 0 atom stereocenters. The molecule has 0 saturated carbocycles. The second-order valence-corrected chi connectivity index (χ2v) is 7.34. The molecule has 21 heavy (non-hydrogen) atoms. The van der Waals surface area contributed by atoms with Crippen LogP contribution in [0.5, 0.6) is 0 Å². The van der Waals surface area contributed by atoms with Crippen molar-refractivity contribution in [3.63, 3.8) is 0 Å². The Morgan fingerprint density at radius 2 is 1.90 bits per heavy atom. The van der Waals surface area contributed by atoms with Crippen LogP contribution in [0, 0.1) is 0 Å². The number of piperazine rings is 1. The van der Waals surface area contributed by atoms with E-state index in [4.69, 9.17) is 4.42 Å². The van der Waals surface area contributed by atoms with Gasteiger partial charge in [0.2, 0.25) is 11.8 Å². The first-order valence-corrected chi connectivity index (χ1v) is 8.98. The van der Waals surface area contributed by atoms with E-state index in [0.717, 1.165) is 6.26 Å². The maximum atomic E-state index is 11.9. The fourth-order valence-electron chi connectivity index (χ4n) is 2.09. The van der Waals surface area contributed by atoms with Crippen molar-refractivity contribution < 1.29 is 17.6 Å². The molecule has 1 aromatic rings. The van der Waals surface area contributed by atoms with Crippen molar-refractivity contribution in [3.8, 4) is 0 Å². The van der Waals surface area contributed by atoms with E-state index >= 15 is 0 Å². The molecule has 1 aliphatic heterocycles. The van der Waals surface area contributed by atoms with Gasteiger partial charge in [0, 0.05) is 45.3 Å². The third-order valence-corrected chi connectivity index (χ3v) is 4.29. The molecule has 2 rings (SSSR count). The van der Waals surface area contributed by atoms with E-state index in [1.165, 1.54) is 0 Å². The van der Waals surface area contributed by atoms with Crippen LogP contribution in [-0.2, 0) is 21.1 Å². The lowest BCUT2D eigenvalue weighted by Gasteiger charge is -2.33. The minimum absolute atomic E-state index is 0.0410. The highest BCUT2D eigenvalue weighted by Gasteiger charge is 2.24. The number of hydrogen-bond acceptors (Lipinski definition) is 7. The Kier molecular flexibility index (Phi) is 4.81. The molecule has 0 aromatic carbocycles. The van der Waals surface area contributed by atoms with Crippen LogP contribution in [0.3, 0.4) is 0 Å². The number of aromatic nitrogens is 2. The molecule has 0 N–H and O–H groups in total. The fourth-order valence-corrected chi connectivity index (χ4v) is 2.64. The first-order chi connectivity index (χ1) is 9.89. The lowest BCUT2D eigenvalue weighted by atomic mass is 10.3. The summed E-state index contributed by atoms with van der Waals surface area (Å²) in [5.41, 5.74) is 0. The number of carbonyl (C=O) groups is 1. The third kappa shape index (κ3) is 4.42. The standard InChI is InChI=1S/C12H20N4O4S/c1-3-10-13-14-12(20-10)16-7-5-15(6-8-16)11(17)4-9-21(2,18)19/h3-9H2,1-2H3. The van der Waals surface area contributed by atoms with Gasteiger partial charge < -0.3 is 14.2 Å². The molecule has 1 saturated heterocycles. The van der Waals surface area contributed by atoms with Gasteiger partial charge in [0.15, 0.2) is 0 Å². The highest BCUT2D eigenvalue weighted by Crippen LogP contribution is 2.15. The predicted octanol–water partition coefficient (Wildman–Crippen LogP) is -0.285. The largest absolute Gasteiger partial charge is 0.408 e. The minimum atomic E-state index is -3.10. The molecule has 1 amide bonds. The lowest BCUT2D eigenvalue weighted by Crippen LogP contribution is -2.49. The molecule has 9 heteroatoms. The van der Waals surface area contributed by atoms with E-state index in [2.05, 4.69) is 10.2 Å². The maximum absolute atomic E-state index is 11.9. The van der Waals surface area contributed by atoms with E-state index in [1.807, 2.05) is 11.8 Å². The summed E-state index contributed by atoms with van der Waals surface area (Å²) in [5.74, 6) is 0.367. The zero-order valence-electron chi connectivity index (χ0n) is 12.3. The van der Waals surface area contributed by atoms with Crippen LogP contribution in [0.2, 0.25) is 0 Å². The minimum Gasteiger partial charge on any atom is -0.408 e. The number of hydrogen-bond donors (Lipinski definition) is 0. The number of aryl methyl sites for hydroxylation is 1. The molecular formula is C12H20N4O4S. The van der Waals surface area contributed by atoms with E-state index in [9.17, 15) is 13.2 Å². The van der Waals surface area contributed by atoms with Crippen LogP contribution in [-0.4, -0.2) is 67.6 Å². The second kappa shape index (κ2) is 6.42. The number of nitrogens with zero attached hydrogens (tertiary/aromatic N) is 4. The van der Waals surface area contributed by atoms with Gasteiger partial charge in [0.05, 0.1) is 5.75 Å². The fraction of sp³-hybridized carbons (Fsp3) is 0.750. The van der Waals surface area contributed by atoms with Crippen LogP contribution in [0.15, 0.2) is 4.42 Å². The Hall–Kier alpha value is -1.64. The number of carbonyl (C=O) groups excluding carboxylic acids is 1. The van der Waals surface area contributed by atoms with Crippen molar-refractivity contribution in [1.29, 1.82) is 0 Å². The zero-order valence-corrected chi connectivity index (χ0v) is 13.1. The SMILES string of the molecule is CCc1nnc(N2CCN(C(=O)CCS(C)(=O)=O)CC2)o1. The third-order valence-electron chi connectivity index (χ3n) is 3.35. The van der Waals surface area contributed by atoms with Gasteiger partial charge in [-0.25, -0.2) is 8.42 Å². The first-order valence-electron chi connectivity index (χ1n) is 6.92. The molecule has 1 aromatic heterocycles. The van der Waals surface area contributed by atoms with Gasteiger partial charge in [-0.2, -0.15) is 0 Å². The first kappa shape index (κ1) is 15.7. The van der Waals surface area contributed by atoms with Gasteiger partial charge in [-0.15, -0.1) is 5.10 Å². The number of rotatable bonds is 5. The van der Waals surface area contributed by atoms with Gasteiger partial charge in [0.25, 0.3) is 0 Å². The Morgan fingerprint density at radius 3 is 2.43 bits per heavy atom. The second-order valence-electron chi connectivity index (χ2n) is 5.08. The smallest absolute Gasteiger partial charge is 0.318 e. The van der Waals surface area contributed by atoms with Crippen molar-refractivity contribution in [3.05, 3.63) is 5.89 Å². The summed E-state index contributed by atoms with van der Waals surface area (Å²) < 4.78 is 27.6. The highest BCUT2D eigenvalue weighted by atomic mass is 32.2. The quantitative estimate of drug-likeness (QED) is 0.736. The van der Waals surface area contributed by atoms with Gasteiger partial charge in [-0.3, -0.25) is 4.79 Å². The Bertz CT molecular complexity index is 590. The summed E-state index contributed by atoms with van der Waals surface area (Å²) in [7, 11) is -3.10. The summed E-state index contributed by atoms with van der Waals surface area (Å²) in [4.78, 5) is 15.5. The molecule has 0 spiro atoms. The van der Waals surface area contributed by atoms with Gasteiger partial charge >= 0.3 is 6.01 Å². The molecule has 2 heterocycles. The average Bonchev–Trinajstić information content (AvgIpc) is 2.93. The van der Waals surface area contributed by atoms with Crippen molar-refractivity contribution in [1.82, 2.24) is 15.1 Å². The molecule has 1 fully saturated rings. The van der Waals surface area contributed by atoms with Crippen molar-refractivity contribution >= 4 is 21.8 Å². The van der Waals surface area contributed by atoms with E-state index < -0.39 is 9.84 Å². The molecule has 0 unspecified atom stereocenters. The van der Waals surface area contributed by atoms with Crippen LogP contribution in [0.1, 0.15) is 19.2 Å². The van der Waals surface area contributed by atoms with Crippen LogP contribution in [0.25, 0.3) is 0 Å². The molecule has 1 aliphatic rings. The average molecular weight is 316 g/mol. The summed E-state index contributed by atoms with van der Waals surface area (Å²) in [6.07, 6.45) is 1.87. The van der Waals surface area contributed by atoms with Gasteiger partial charge in [-0.05, 0) is 0 Å².